The van der Waals surface area contributed by atoms with Crippen molar-refractivity contribution in [1.29, 1.82) is 0 Å². The number of nitrogens with zero attached hydrogens (tertiary/aromatic N) is 2. The molecule has 2 atom stereocenters. The number of rotatable bonds is 7. The van der Waals surface area contributed by atoms with Gasteiger partial charge in [0.15, 0.2) is 6.10 Å². The maximum atomic E-state index is 13.0. The second-order valence-corrected chi connectivity index (χ2v) is 7.24. The van der Waals surface area contributed by atoms with E-state index in [1.54, 1.807) is 24.3 Å². The molecule has 0 aliphatic carbocycles. The van der Waals surface area contributed by atoms with E-state index in [4.69, 9.17) is 20.8 Å². The Hall–Kier alpha value is -2.93. The van der Waals surface area contributed by atoms with Gasteiger partial charge in [-0.2, -0.15) is 5.10 Å². The fourth-order valence-electron chi connectivity index (χ4n) is 3.00. The van der Waals surface area contributed by atoms with Gasteiger partial charge in [0.1, 0.15) is 17.6 Å². The van der Waals surface area contributed by atoms with Crippen LogP contribution in [-0.4, -0.2) is 34.5 Å². The fourth-order valence-corrected chi connectivity index (χ4v) is 3.13. The summed E-state index contributed by atoms with van der Waals surface area (Å²) in [5.74, 6) is -0.597. The molecule has 8 heteroatoms. The third kappa shape index (κ3) is 5.12. The van der Waals surface area contributed by atoms with E-state index in [1.807, 2.05) is 12.1 Å². The summed E-state index contributed by atoms with van der Waals surface area (Å²) in [6.45, 7) is 2.88. The van der Waals surface area contributed by atoms with E-state index in [2.05, 4.69) is 5.10 Å². The van der Waals surface area contributed by atoms with Crippen LogP contribution in [0.1, 0.15) is 50.5 Å². The topological polar surface area (TPSA) is 89.2 Å². The number of hydrogen-bond acceptors (Lipinski definition) is 6. The Kier molecular flexibility index (Phi) is 6.49. The number of carbonyl (C=O) groups excluding carboxylic acids is 3. The van der Waals surface area contributed by atoms with E-state index in [1.165, 1.54) is 25.1 Å². The number of benzene rings is 1. The van der Waals surface area contributed by atoms with Gasteiger partial charge in [0.2, 0.25) is 0 Å². The fraction of sp³-hybridized carbons (Fsp3) is 0.333. The number of hydrazone groups is 1. The smallest absolute Gasteiger partial charge is 0.307 e. The number of Topliss-reactive ketones (excluding diaryl/α,β-unsaturated/α-hetero) is 1. The third-order valence-electron chi connectivity index (χ3n) is 4.52. The van der Waals surface area contributed by atoms with E-state index < -0.39 is 24.0 Å². The average molecular weight is 417 g/mol. The van der Waals surface area contributed by atoms with Crippen LogP contribution in [-0.2, 0) is 19.1 Å². The lowest BCUT2D eigenvalue weighted by atomic mass is 10.0. The molecule has 0 saturated heterocycles. The van der Waals surface area contributed by atoms with Gasteiger partial charge in [-0.3, -0.25) is 9.59 Å². The van der Waals surface area contributed by atoms with Crippen molar-refractivity contribution in [3.05, 3.63) is 59.0 Å². The minimum absolute atomic E-state index is 0.0616. The summed E-state index contributed by atoms with van der Waals surface area (Å²) in [6.07, 6.45) is 0.959. The van der Waals surface area contributed by atoms with E-state index in [-0.39, 0.29) is 18.6 Å². The maximum Gasteiger partial charge on any atom is 0.307 e. The molecule has 2 aromatic rings. The standard InChI is InChI=1S/C21H21ClN2O5/c1-13(25)5-10-20(26)29-14(2)21(27)24-18(19-4-3-11-28-19)12-17(23-24)15-6-8-16(22)9-7-15/h3-4,6-9,11,14,18H,5,10,12H2,1-2H3/t14-,18+/m1/s1. The molecule has 0 radical (unpaired) electrons. The van der Waals surface area contributed by atoms with E-state index in [0.29, 0.717) is 22.9 Å². The molecule has 2 heterocycles. The first-order chi connectivity index (χ1) is 13.8. The number of furan rings is 1. The summed E-state index contributed by atoms with van der Waals surface area (Å²) in [4.78, 5) is 35.9. The van der Waals surface area contributed by atoms with Crippen LogP contribution >= 0.6 is 11.6 Å². The molecule has 1 aliphatic heterocycles. The molecule has 1 aromatic heterocycles. The Labute approximate surface area is 173 Å². The lowest BCUT2D eigenvalue weighted by molar-refractivity contribution is -0.160. The van der Waals surface area contributed by atoms with Crippen molar-refractivity contribution < 1.29 is 23.5 Å². The first-order valence-corrected chi connectivity index (χ1v) is 9.61. The zero-order chi connectivity index (χ0) is 21.0. The molecule has 0 N–H and O–H groups in total. The van der Waals surface area contributed by atoms with Gasteiger partial charge in [-0.1, -0.05) is 23.7 Å². The molecular weight excluding hydrogens is 396 g/mol. The molecule has 1 aliphatic rings. The highest BCUT2D eigenvalue weighted by Gasteiger charge is 2.37. The third-order valence-corrected chi connectivity index (χ3v) is 4.77. The van der Waals surface area contributed by atoms with Crippen LogP contribution in [0.4, 0.5) is 0 Å². The van der Waals surface area contributed by atoms with Gasteiger partial charge in [0.05, 0.1) is 18.4 Å². The number of amides is 1. The molecule has 1 aromatic carbocycles. The van der Waals surface area contributed by atoms with Crippen LogP contribution in [0.5, 0.6) is 0 Å². The van der Waals surface area contributed by atoms with Crippen LogP contribution in [0.3, 0.4) is 0 Å². The summed E-state index contributed by atoms with van der Waals surface area (Å²) < 4.78 is 10.7. The zero-order valence-corrected chi connectivity index (χ0v) is 16.9. The number of esters is 1. The minimum atomic E-state index is -1.04. The second kappa shape index (κ2) is 9.05. The normalized spacial score (nSPS) is 17.0. The minimum Gasteiger partial charge on any atom is -0.467 e. The Bertz CT molecular complexity index is 921. The van der Waals surface area contributed by atoms with Gasteiger partial charge in [0.25, 0.3) is 5.91 Å². The lowest BCUT2D eigenvalue weighted by Crippen LogP contribution is -2.37. The average Bonchev–Trinajstić information content (AvgIpc) is 3.36. The van der Waals surface area contributed by atoms with Gasteiger partial charge in [-0.05, 0) is 43.7 Å². The molecule has 0 fully saturated rings. The monoisotopic (exact) mass is 416 g/mol. The lowest BCUT2D eigenvalue weighted by Gasteiger charge is -2.23. The van der Waals surface area contributed by atoms with Crippen molar-refractivity contribution in [2.45, 2.75) is 45.3 Å². The summed E-state index contributed by atoms with van der Waals surface area (Å²) >= 11 is 5.95. The molecule has 3 rings (SSSR count). The molecular formula is C21H21ClN2O5. The number of ether oxygens (including phenoxy) is 1. The highest BCUT2D eigenvalue weighted by molar-refractivity contribution is 6.30. The van der Waals surface area contributed by atoms with Crippen LogP contribution in [0, 0.1) is 0 Å². The summed E-state index contributed by atoms with van der Waals surface area (Å²) in [7, 11) is 0. The highest BCUT2D eigenvalue weighted by atomic mass is 35.5. The van der Waals surface area contributed by atoms with Crippen molar-refractivity contribution in [3.63, 3.8) is 0 Å². The molecule has 0 bridgehead atoms. The van der Waals surface area contributed by atoms with Gasteiger partial charge < -0.3 is 13.9 Å². The summed E-state index contributed by atoms with van der Waals surface area (Å²) in [5.41, 5.74) is 1.54. The number of carbonyl (C=O) groups is 3. The number of ketones is 1. The van der Waals surface area contributed by atoms with Crippen LogP contribution in [0.15, 0.2) is 52.2 Å². The number of halogens is 1. The van der Waals surface area contributed by atoms with Gasteiger partial charge >= 0.3 is 5.97 Å². The number of hydrogen-bond donors (Lipinski definition) is 0. The van der Waals surface area contributed by atoms with Gasteiger partial charge in [-0.25, -0.2) is 5.01 Å². The largest absolute Gasteiger partial charge is 0.467 e. The van der Waals surface area contributed by atoms with Gasteiger partial charge in [-0.15, -0.1) is 0 Å². The van der Waals surface area contributed by atoms with Crippen LogP contribution in [0.2, 0.25) is 5.02 Å². The van der Waals surface area contributed by atoms with Crippen molar-refractivity contribution >= 4 is 35.0 Å². The van der Waals surface area contributed by atoms with Gasteiger partial charge in [0, 0.05) is 17.9 Å². The van der Waals surface area contributed by atoms with E-state index in [9.17, 15) is 14.4 Å². The Balaban J connectivity index is 1.78. The molecule has 0 spiro atoms. The quantitative estimate of drug-likeness (QED) is 0.638. The molecule has 1 amide bonds. The predicted octanol–water partition coefficient (Wildman–Crippen LogP) is 3.91. The van der Waals surface area contributed by atoms with E-state index >= 15 is 0 Å². The molecule has 152 valence electrons. The summed E-state index contributed by atoms with van der Waals surface area (Å²) in [5, 5.41) is 6.38. The predicted molar refractivity (Wildman–Crippen MR) is 106 cm³/mol. The van der Waals surface area contributed by atoms with E-state index in [0.717, 1.165) is 5.56 Å². The Morgan fingerprint density at radius 3 is 2.59 bits per heavy atom. The molecule has 0 saturated carbocycles. The second-order valence-electron chi connectivity index (χ2n) is 6.81. The first kappa shape index (κ1) is 20.8. The van der Waals surface area contributed by atoms with Crippen molar-refractivity contribution in [2.24, 2.45) is 5.10 Å². The molecule has 0 unspecified atom stereocenters. The SMILES string of the molecule is CC(=O)CCC(=O)O[C@H](C)C(=O)N1N=C(c2ccc(Cl)cc2)C[C@H]1c1ccco1. The molecule has 29 heavy (non-hydrogen) atoms. The summed E-state index contributed by atoms with van der Waals surface area (Å²) in [6, 6.07) is 10.2. The zero-order valence-electron chi connectivity index (χ0n) is 16.1. The van der Waals surface area contributed by atoms with Crippen LogP contribution in [0.25, 0.3) is 0 Å². The first-order valence-electron chi connectivity index (χ1n) is 9.24. The molecule has 7 nitrogen and oxygen atoms in total. The maximum absolute atomic E-state index is 13.0. The van der Waals surface area contributed by atoms with Crippen molar-refractivity contribution in [2.75, 3.05) is 0 Å². The van der Waals surface area contributed by atoms with Crippen molar-refractivity contribution in [1.82, 2.24) is 5.01 Å². The Morgan fingerprint density at radius 1 is 1.24 bits per heavy atom. The van der Waals surface area contributed by atoms with Crippen molar-refractivity contribution in [3.8, 4) is 0 Å². The highest BCUT2D eigenvalue weighted by Crippen LogP contribution is 2.34. The van der Waals surface area contributed by atoms with Crippen LogP contribution < -0.4 is 0 Å². The Morgan fingerprint density at radius 2 is 1.97 bits per heavy atom.